The molecule has 7 heteroatoms. The molecule has 2 aromatic carbocycles. The van der Waals surface area contributed by atoms with Crippen molar-refractivity contribution in [1.29, 1.82) is 0 Å². The second-order valence-corrected chi connectivity index (χ2v) is 8.43. The van der Waals surface area contributed by atoms with Crippen molar-refractivity contribution in [2.24, 2.45) is 0 Å². The van der Waals surface area contributed by atoms with Gasteiger partial charge in [0.2, 0.25) is 0 Å². The molecule has 5 aromatic rings. The zero-order chi connectivity index (χ0) is 23.7. The molecule has 0 aliphatic carbocycles. The van der Waals surface area contributed by atoms with E-state index in [0.717, 1.165) is 28.0 Å². The summed E-state index contributed by atoms with van der Waals surface area (Å²) in [6.07, 6.45) is 5.61. The zero-order valence-electron chi connectivity index (χ0n) is 18.6. The highest BCUT2D eigenvalue weighted by atomic mass is 35.5. The molecule has 34 heavy (non-hydrogen) atoms. The Kier molecular flexibility index (Phi) is 5.74. The third kappa shape index (κ3) is 4.49. The monoisotopic (exact) mass is 468 g/mol. The highest BCUT2D eigenvalue weighted by Crippen LogP contribution is 2.28. The minimum absolute atomic E-state index is 0.195. The van der Waals surface area contributed by atoms with Crippen LogP contribution in [-0.4, -0.2) is 20.3 Å². The number of carbonyl (C=O) groups excluding carboxylic acids is 1. The van der Waals surface area contributed by atoms with E-state index in [1.54, 1.807) is 36.5 Å². The molecule has 0 atom stereocenters. The Labute approximate surface area is 201 Å². The second-order valence-electron chi connectivity index (χ2n) is 8.00. The smallest absolute Gasteiger partial charge is 0.278 e. The standard InChI is InChI=1S/C27H21ClN4O2/c1-17-14-24(34-22-11-7-20(28)8-12-22)25(29-15-17)27(33)30-21-9-5-19(6-10-21)23-16-32-13-3-4-18(2)26(32)31-23/h3-16H,1-2H3,(H,30,33). The first-order chi connectivity index (χ1) is 16.5. The number of aryl methyl sites for hydroxylation is 2. The zero-order valence-corrected chi connectivity index (χ0v) is 19.4. The lowest BCUT2D eigenvalue weighted by Crippen LogP contribution is -2.15. The van der Waals surface area contributed by atoms with Crippen molar-refractivity contribution >= 4 is 28.8 Å². The quantitative estimate of drug-likeness (QED) is 0.311. The summed E-state index contributed by atoms with van der Waals surface area (Å²) in [5.41, 5.74) is 5.59. The Morgan fingerprint density at radius 1 is 1.03 bits per heavy atom. The number of rotatable bonds is 5. The summed E-state index contributed by atoms with van der Waals surface area (Å²) in [6.45, 7) is 3.93. The predicted octanol–water partition coefficient (Wildman–Crippen LogP) is 6.71. The lowest BCUT2D eigenvalue weighted by molar-refractivity contribution is 0.102. The van der Waals surface area contributed by atoms with Crippen LogP contribution >= 0.6 is 11.6 Å². The fraction of sp³-hybridized carbons (Fsp3) is 0.0741. The van der Waals surface area contributed by atoms with Gasteiger partial charge >= 0.3 is 0 Å². The topological polar surface area (TPSA) is 68.5 Å². The number of aromatic nitrogens is 3. The van der Waals surface area contributed by atoms with Gasteiger partial charge in [-0.05, 0) is 73.5 Å². The first kappa shape index (κ1) is 21.7. The first-order valence-corrected chi connectivity index (χ1v) is 11.1. The van der Waals surface area contributed by atoms with Crippen molar-refractivity contribution in [3.05, 3.63) is 107 Å². The number of halogens is 1. The molecule has 0 bridgehead atoms. The lowest BCUT2D eigenvalue weighted by atomic mass is 10.1. The molecule has 0 fully saturated rings. The molecule has 0 aliphatic heterocycles. The largest absolute Gasteiger partial charge is 0.455 e. The van der Waals surface area contributed by atoms with E-state index in [1.165, 1.54) is 0 Å². The van der Waals surface area contributed by atoms with E-state index in [0.29, 0.717) is 22.2 Å². The van der Waals surface area contributed by atoms with Gasteiger partial charge in [-0.25, -0.2) is 9.97 Å². The van der Waals surface area contributed by atoms with Gasteiger partial charge < -0.3 is 14.5 Å². The minimum atomic E-state index is -0.361. The van der Waals surface area contributed by atoms with Gasteiger partial charge in [0, 0.05) is 34.9 Å². The third-order valence-corrected chi connectivity index (χ3v) is 5.61. The molecule has 0 aliphatic rings. The Morgan fingerprint density at radius 2 is 1.79 bits per heavy atom. The lowest BCUT2D eigenvalue weighted by Gasteiger charge is -2.12. The summed E-state index contributed by atoms with van der Waals surface area (Å²) >= 11 is 5.95. The normalized spacial score (nSPS) is 10.9. The molecule has 168 valence electrons. The molecule has 1 amide bonds. The maximum absolute atomic E-state index is 13.0. The van der Waals surface area contributed by atoms with Crippen LogP contribution in [0.25, 0.3) is 16.9 Å². The molecule has 5 rings (SSSR count). The number of pyridine rings is 2. The predicted molar refractivity (Wildman–Crippen MR) is 134 cm³/mol. The average Bonchev–Trinajstić information content (AvgIpc) is 3.27. The fourth-order valence-corrected chi connectivity index (χ4v) is 3.75. The summed E-state index contributed by atoms with van der Waals surface area (Å²) in [5.74, 6) is 0.578. The van der Waals surface area contributed by atoms with Crippen molar-refractivity contribution in [1.82, 2.24) is 14.4 Å². The van der Waals surface area contributed by atoms with E-state index < -0.39 is 0 Å². The van der Waals surface area contributed by atoms with Gasteiger partial charge in [0.15, 0.2) is 11.4 Å². The second kappa shape index (κ2) is 9.00. The van der Waals surface area contributed by atoms with E-state index >= 15 is 0 Å². The van der Waals surface area contributed by atoms with Gasteiger partial charge in [-0.2, -0.15) is 0 Å². The van der Waals surface area contributed by atoms with Crippen LogP contribution in [0.3, 0.4) is 0 Å². The molecule has 3 heterocycles. The van der Waals surface area contributed by atoms with Crippen LogP contribution in [0.5, 0.6) is 11.5 Å². The average molecular weight is 469 g/mol. The fourth-order valence-electron chi connectivity index (χ4n) is 3.63. The van der Waals surface area contributed by atoms with Crippen LogP contribution in [0.2, 0.25) is 5.02 Å². The molecule has 3 aromatic heterocycles. The highest BCUT2D eigenvalue weighted by Gasteiger charge is 2.16. The molecule has 0 saturated heterocycles. The number of hydrogen-bond acceptors (Lipinski definition) is 4. The van der Waals surface area contributed by atoms with E-state index in [4.69, 9.17) is 21.3 Å². The summed E-state index contributed by atoms with van der Waals surface area (Å²) in [6, 6.07) is 20.3. The number of amides is 1. The van der Waals surface area contributed by atoms with E-state index in [9.17, 15) is 4.79 Å². The van der Waals surface area contributed by atoms with Gasteiger partial charge in [0.1, 0.15) is 11.4 Å². The maximum atomic E-state index is 13.0. The molecular weight excluding hydrogens is 448 g/mol. The van der Waals surface area contributed by atoms with Crippen molar-refractivity contribution in [2.45, 2.75) is 13.8 Å². The SMILES string of the molecule is Cc1cnc(C(=O)Nc2ccc(-c3cn4cccc(C)c4n3)cc2)c(Oc2ccc(Cl)cc2)c1. The van der Waals surface area contributed by atoms with Crippen molar-refractivity contribution in [2.75, 3.05) is 5.32 Å². The van der Waals surface area contributed by atoms with Gasteiger partial charge in [0.25, 0.3) is 5.91 Å². The number of imidazole rings is 1. The molecule has 1 N–H and O–H groups in total. The van der Waals surface area contributed by atoms with Gasteiger partial charge in [-0.3, -0.25) is 4.79 Å². The van der Waals surface area contributed by atoms with Crippen LogP contribution in [0.4, 0.5) is 5.69 Å². The third-order valence-electron chi connectivity index (χ3n) is 5.36. The Balaban J connectivity index is 1.36. The van der Waals surface area contributed by atoms with Crippen molar-refractivity contribution < 1.29 is 9.53 Å². The maximum Gasteiger partial charge on any atom is 0.278 e. The summed E-state index contributed by atoms with van der Waals surface area (Å²) in [5, 5.41) is 3.51. The van der Waals surface area contributed by atoms with Crippen molar-refractivity contribution in [3.63, 3.8) is 0 Å². The summed E-state index contributed by atoms with van der Waals surface area (Å²) < 4.78 is 7.93. The molecule has 0 unspecified atom stereocenters. The van der Waals surface area contributed by atoms with Crippen LogP contribution in [0, 0.1) is 13.8 Å². The first-order valence-electron chi connectivity index (χ1n) is 10.7. The van der Waals surface area contributed by atoms with Crippen LogP contribution in [0.1, 0.15) is 21.6 Å². The minimum Gasteiger partial charge on any atom is -0.455 e. The van der Waals surface area contributed by atoms with E-state index in [-0.39, 0.29) is 11.6 Å². The highest BCUT2D eigenvalue weighted by molar-refractivity contribution is 6.30. The molecule has 0 saturated carbocycles. The molecule has 0 spiro atoms. The number of anilines is 1. The number of ether oxygens (including phenoxy) is 1. The van der Waals surface area contributed by atoms with Crippen LogP contribution in [-0.2, 0) is 0 Å². The Bertz CT molecular complexity index is 1490. The van der Waals surface area contributed by atoms with E-state index in [1.807, 2.05) is 67.0 Å². The Hall–Kier alpha value is -4.16. The number of carbonyl (C=O) groups is 1. The van der Waals surface area contributed by atoms with Crippen molar-refractivity contribution in [3.8, 4) is 22.8 Å². The summed E-state index contributed by atoms with van der Waals surface area (Å²) in [7, 11) is 0. The van der Waals surface area contributed by atoms with Gasteiger partial charge in [-0.15, -0.1) is 0 Å². The Morgan fingerprint density at radius 3 is 2.53 bits per heavy atom. The molecule has 0 radical (unpaired) electrons. The molecule has 6 nitrogen and oxygen atoms in total. The number of nitrogens with zero attached hydrogens (tertiary/aromatic N) is 3. The van der Waals surface area contributed by atoms with Gasteiger partial charge in [-0.1, -0.05) is 29.8 Å². The van der Waals surface area contributed by atoms with Gasteiger partial charge in [0.05, 0.1) is 5.69 Å². The number of nitrogens with one attached hydrogen (secondary N) is 1. The number of fused-ring (bicyclic) bond motifs is 1. The number of hydrogen-bond donors (Lipinski definition) is 1. The summed E-state index contributed by atoms with van der Waals surface area (Å²) in [4.78, 5) is 22.0. The van der Waals surface area contributed by atoms with E-state index in [2.05, 4.69) is 10.3 Å². The van der Waals surface area contributed by atoms with Crippen LogP contribution in [0.15, 0.2) is 85.3 Å². The number of benzene rings is 2. The molecular formula is C27H21ClN4O2. The van der Waals surface area contributed by atoms with Crippen LogP contribution < -0.4 is 10.1 Å².